The van der Waals surface area contributed by atoms with Gasteiger partial charge in [-0.05, 0) is 13.1 Å². The molecule has 3 heterocycles. The van der Waals surface area contributed by atoms with Crippen LogP contribution in [0.15, 0.2) is 12.3 Å². The highest BCUT2D eigenvalue weighted by molar-refractivity contribution is 6.64. The van der Waals surface area contributed by atoms with Crippen LogP contribution >= 0.6 is 0 Å². The van der Waals surface area contributed by atoms with Crippen molar-refractivity contribution in [1.29, 1.82) is 0 Å². The van der Waals surface area contributed by atoms with Crippen LogP contribution in [-0.4, -0.2) is 82.5 Å². The number of nitrogens with zero attached hydrogens (tertiary/aromatic N) is 6. The molecule has 2 bridgehead atoms. The Kier molecular flexibility index (Phi) is 3.50. The van der Waals surface area contributed by atoms with Crippen molar-refractivity contribution in [2.75, 3.05) is 27.2 Å². The van der Waals surface area contributed by atoms with Crippen LogP contribution in [0.25, 0.3) is 5.70 Å². The summed E-state index contributed by atoms with van der Waals surface area (Å²) >= 11 is 0. The number of rotatable bonds is 5. The Labute approximate surface area is 123 Å². The number of urea groups is 1. The van der Waals surface area contributed by atoms with E-state index in [0.717, 1.165) is 24.1 Å². The van der Waals surface area contributed by atoms with Gasteiger partial charge in [0.1, 0.15) is 0 Å². The van der Waals surface area contributed by atoms with Crippen LogP contribution in [0.2, 0.25) is 0 Å². The smallest absolute Gasteiger partial charge is 0.320 e. The van der Waals surface area contributed by atoms with Crippen molar-refractivity contribution in [2.24, 2.45) is 0 Å². The molecule has 0 aromatic carbocycles. The van der Waals surface area contributed by atoms with E-state index in [1.54, 1.807) is 26.3 Å². The van der Waals surface area contributed by atoms with Crippen molar-refractivity contribution in [2.45, 2.75) is 12.6 Å². The maximum atomic E-state index is 11.9. The van der Waals surface area contributed by atoms with Gasteiger partial charge in [0.2, 0.25) is 0 Å². The van der Waals surface area contributed by atoms with E-state index in [1.165, 1.54) is 7.41 Å². The number of likely N-dealkylation sites (N-methyl/N-ethyl adjacent to an activating group) is 1. The van der Waals surface area contributed by atoms with Crippen LogP contribution in [0.5, 0.6) is 0 Å². The quantitative estimate of drug-likeness (QED) is 0.519. The Morgan fingerprint density at radius 3 is 3.10 bits per heavy atom. The zero-order valence-electron chi connectivity index (χ0n) is 12.0. The average molecular weight is 287 g/mol. The van der Waals surface area contributed by atoms with Gasteiger partial charge in [0.25, 0.3) is 7.41 Å². The highest BCUT2D eigenvalue weighted by Gasteiger charge is 2.37. The minimum Gasteiger partial charge on any atom is -0.338 e. The lowest BCUT2D eigenvalue weighted by atomic mass is 9.96. The molecular formula is C12H16BN6O2. The first-order chi connectivity index (χ1) is 10.1. The molecule has 2 amide bonds. The van der Waals surface area contributed by atoms with Crippen LogP contribution in [0.3, 0.4) is 0 Å². The first-order valence-electron chi connectivity index (χ1n) is 6.71. The highest BCUT2D eigenvalue weighted by atomic mass is 16.2. The van der Waals surface area contributed by atoms with Crippen molar-refractivity contribution < 1.29 is 9.59 Å². The second-order valence-corrected chi connectivity index (χ2v) is 5.35. The molecule has 0 N–H and O–H groups in total. The Morgan fingerprint density at radius 2 is 2.38 bits per heavy atom. The predicted octanol–water partition coefficient (Wildman–Crippen LogP) is -0.890. The number of aromatic nitrogens is 3. The standard InChI is InChI=1S/C12H16BN6O2/c1-16(13-8-20)4-9-5-19(15-14-9)11-3-10-6-18(7-11)12(21)17(10)2/h3,5,8,10H,4,6-7H2,1-2H3. The summed E-state index contributed by atoms with van der Waals surface area (Å²) in [6.07, 6.45) is 4.62. The molecule has 1 aromatic heterocycles. The summed E-state index contributed by atoms with van der Waals surface area (Å²) in [5.41, 5.74) is 1.72. The Hall–Kier alpha value is -2.16. The summed E-state index contributed by atoms with van der Waals surface area (Å²) in [7, 11) is 5.05. The number of fused-ring (bicyclic) bond motifs is 2. The van der Waals surface area contributed by atoms with Gasteiger partial charge in [0, 0.05) is 20.1 Å². The highest BCUT2D eigenvalue weighted by Crippen LogP contribution is 2.24. The molecule has 109 valence electrons. The SMILES string of the molecule is CN([B]C=O)Cc1cn(C2=CC3CN(C2)C(=O)N3C)nn1. The molecule has 1 radical (unpaired) electrons. The fraction of sp³-hybridized carbons (Fsp3) is 0.500. The Bertz CT molecular complexity index is 600. The number of carbonyl (C=O) groups is 2. The summed E-state index contributed by atoms with van der Waals surface area (Å²) < 4.78 is 1.70. The molecule has 21 heavy (non-hydrogen) atoms. The molecule has 2 aliphatic rings. The van der Waals surface area contributed by atoms with Gasteiger partial charge in [-0.25, -0.2) is 9.48 Å². The number of hydrogen-bond acceptors (Lipinski definition) is 5. The predicted molar refractivity (Wildman–Crippen MR) is 76.8 cm³/mol. The largest absolute Gasteiger partial charge is 0.338 e. The van der Waals surface area contributed by atoms with E-state index in [4.69, 9.17) is 0 Å². The molecule has 0 saturated carbocycles. The third-order valence-electron chi connectivity index (χ3n) is 3.78. The van der Waals surface area contributed by atoms with Crippen molar-refractivity contribution in [3.8, 4) is 0 Å². The zero-order valence-corrected chi connectivity index (χ0v) is 12.0. The van der Waals surface area contributed by atoms with Crippen LogP contribution in [0, 0.1) is 0 Å². The first-order valence-corrected chi connectivity index (χ1v) is 6.71. The molecule has 1 atom stereocenters. The fourth-order valence-corrected chi connectivity index (χ4v) is 2.63. The molecule has 2 aliphatic heterocycles. The van der Waals surface area contributed by atoms with Gasteiger partial charge in [-0.2, -0.15) is 0 Å². The van der Waals surface area contributed by atoms with Gasteiger partial charge in [-0.3, -0.25) is 0 Å². The number of hydrogen-bond donors (Lipinski definition) is 0. The van der Waals surface area contributed by atoms with Crippen molar-refractivity contribution >= 4 is 25.3 Å². The van der Waals surface area contributed by atoms with E-state index in [0.29, 0.717) is 13.1 Å². The molecule has 1 unspecified atom stereocenters. The first kappa shape index (κ1) is 13.8. The minimum absolute atomic E-state index is 0.0481. The van der Waals surface area contributed by atoms with Gasteiger partial charge >= 0.3 is 6.03 Å². The van der Waals surface area contributed by atoms with Crippen molar-refractivity contribution in [3.63, 3.8) is 0 Å². The average Bonchev–Trinajstić information content (AvgIpc) is 3.00. The third-order valence-corrected chi connectivity index (χ3v) is 3.78. The van der Waals surface area contributed by atoms with Gasteiger partial charge < -0.3 is 19.4 Å². The Morgan fingerprint density at radius 1 is 1.57 bits per heavy atom. The maximum absolute atomic E-state index is 11.9. The van der Waals surface area contributed by atoms with Crippen LogP contribution < -0.4 is 0 Å². The number of amides is 2. The topological polar surface area (TPSA) is 74.6 Å². The van der Waals surface area contributed by atoms with E-state index in [1.807, 2.05) is 13.2 Å². The molecule has 9 heteroatoms. The summed E-state index contributed by atoms with van der Waals surface area (Å²) in [6, 6.07) is 0.145. The minimum atomic E-state index is 0.0481. The van der Waals surface area contributed by atoms with Crippen molar-refractivity contribution in [1.82, 2.24) is 29.6 Å². The van der Waals surface area contributed by atoms with Crippen molar-refractivity contribution in [3.05, 3.63) is 18.0 Å². The second-order valence-electron chi connectivity index (χ2n) is 5.35. The number of carbonyl (C=O) groups excluding carboxylic acids is 2. The molecule has 0 spiro atoms. The summed E-state index contributed by atoms with van der Waals surface area (Å²) in [6.45, 7) is 1.79. The van der Waals surface area contributed by atoms with Crippen LogP contribution in [0.1, 0.15) is 5.69 Å². The molecule has 1 fully saturated rings. The van der Waals surface area contributed by atoms with E-state index in [9.17, 15) is 9.59 Å². The fourth-order valence-electron chi connectivity index (χ4n) is 2.63. The van der Waals surface area contributed by atoms with Crippen LogP contribution in [-0.2, 0) is 11.3 Å². The monoisotopic (exact) mass is 287 g/mol. The summed E-state index contributed by atoms with van der Waals surface area (Å²) in [5, 5.41) is 8.21. The molecule has 8 nitrogen and oxygen atoms in total. The lowest BCUT2D eigenvalue weighted by molar-refractivity contribution is 0.201. The maximum Gasteiger partial charge on any atom is 0.320 e. The molecule has 1 saturated heterocycles. The van der Waals surface area contributed by atoms with E-state index < -0.39 is 0 Å². The molecule has 0 aliphatic carbocycles. The molecular weight excluding hydrogens is 271 g/mol. The summed E-state index contributed by atoms with van der Waals surface area (Å²) in [5.74, 6) is 0. The second kappa shape index (κ2) is 5.32. The van der Waals surface area contributed by atoms with Gasteiger partial charge in [-0.15, -0.1) is 5.10 Å². The zero-order chi connectivity index (χ0) is 15.0. The van der Waals surface area contributed by atoms with E-state index in [2.05, 4.69) is 16.4 Å². The van der Waals surface area contributed by atoms with Crippen LogP contribution in [0.4, 0.5) is 4.79 Å². The normalized spacial score (nSPS) is 21.0. The summed E-state index contributed by atoms with van der Waals surface area (Å²) in [4.78, 5) is 27.6. The molecule has 3 rings (SSSR count). The lowest BCUT2D eigenvalue weighted by Gasteiger charge is -2.20. The van der Waals surface area contributed by atoms with Gasteiger partial charge in [0.05, 0.1) is 36.4 Å². The molecule has 1 aromatic rings. The van der Waals surface area contributed by atoms with Gasteiger partial charge in [-0.1, -0.05) is 5.21 Å². The van der Waals surface area contributed by atoms with E-state index >= 15 is 0 Å². The lowest BCUT2D eigenvalue weighted by Crippen LogP contribution is -2.31. The van der Waals surface area contributed by atoms with Gasteiger partial charge in [0.15, 0.2) is 0 Å². The third kappa shape index (κ3) is 2.56. The van der Waals surface area contributed by atoms with E-state index in [-0.39, 0.29) is 12.1 Å². The Balaban J connectivity index is 1.74.